The second-order valence-electron chi connectivity index (χ2n) is 1.09. The van der Waals surface area contributed by atoms with Crippen LogP contribution in [0, 0.1) is 0 Å². The summed E-state index contributed by atoms with van der Waals surface area (Å²) < 4.78 is 4.22. The van der Waals surface area contributed by atoms with Crippen LogP contribution in [0.1, 0.15) is 6.92 Å². The van der Waals surface area contributed by atoms with Gasteiger partial charge in [-0.15, -0.1) is 0 Å². The van der Waals surface area contributed by atoms with Crippen LogP contribution in [-0.2, 0) is 9.53 Å². The van der Waals surface area contributed by atoms with Crippen LogP contribution in [0.25, 0.3) is 0 Å². The maximum atomic E-state index is 9.47. The van der Waals surface area contributed by atoms with Crippen molar-refractivity contribution in [2.45, 2.75) is 6.92 Å². The molecule has 0 saturated heterocycles. The molecule has 0 bridgehead atoms. The predicted molar refractivity (Wildman–Crippen MR) is 31.1 cm³/mol. The van der Waals surface area contributed by atoms with Crippen molar-refractivity contribution < 1.29 is 9.53 Å². The van der Waals surface area contributed by atoms with Gasteiger partial charge in [0.25, 0.3) is 6.47 Å². The first-order chi connectivity index (χ1) is 3.91. The Labute approximate surface area is 48.5 Å². The molecule has 0 radical (unpaired) electrons. The summed E-state index contributed by atoms with van der Waals surface area (Å²) in [6, 6.07) is 0. The van der Waals surface area contributed by atoms with Crippen molar-refractivity contribution in [1.82, 2.24) is 0 Å². The molecule has 0 fully saturated rings. The minimum atomic E-state index is 0.375. The van der Waals surface area contributed by atoms with Crippen molar-refractivity contribution in [3.63, 3.8) is 0 Å². The summed E-state index contributed by atoms with van der Waals surface area (Å²) in [5.74, 6) is 0. The third-order valence-electron chi connectivity index (χ3n) is 0.516. The molecule has 0 aromatic rings. The number of hydrogen-bond acceptors (Lipinski definition) is 2. The quantitative estimate of drug-likeness (QED) is 0.312. The molecule has 44 valence electrons. The molecule has 2 nitrogen and oxygen atoms in total. The third-order valence-corrected chi connectivity index (χ3v) is 0.516. The number of hydrogen-bond donors (Lipinski definition) is 0. The van der Waals surface area contributed by atoms with Crippen LogP contribution in [0.3, 0.4) is 0 Å². The highest BCUT2D eigenvalue weighted by Crippen LogP contribution is 1.74. The number of carbonyl (C=O) groups excluding carboxylic acids is 1. The van der Waals surface area contributed by atoms with Crippen molar-refractivity contribution >= 4 is 6.47 Å². The first-order valence-corrected chi connectivity index (χ1v) is 2.28. The minimum Gasteiger partial charge on any atom is -0.437 e. The predicted octanol–water partition coefficient (Wildman–Crippen LogP) is 1.25. The molecule has 0 aliphatic carbocycles. The molecule has 0 atom stereocenters. The van der Waals surface area contributed by atoms with E-state index in [2.05, 4.69) is 4.74 Å². The first-order valence-electron chi connectivity index (χ1n) is 2.28. The van der Waals surface area contributed by atoms with E-state index in [0.717, 1.165) is 0 Å². The summed E-state index contributed by atoms with van der Waals surface area (Å²) in [4.78, 5) is 9.47. The first kappa shape index (κ1) is 6.95. The Balaban J connectivity index is 3.19. The van der Waals surface area contributed by atoms with E-state index in [4.69, 9.17) is 0 Å². The van der Waals surface area contributed by atoms with Gasteiger partial charge in [0.05, 0.1) is 6.26 Å². The van der Waals surface area contributed by atoms with Gasteiger partial charge in [-0.2, -0.15) is 0 Å². The molecule has 0 aromatic carbocycles. The average molecular weight is 112 g/mol. The minimum absolute atomic E-state index is 0.375. The van der Waals surface area contributed by atoms with E-state index >= 15 is 0 Å². The lowest BCUT2D eigenvalue weighted by molar-refractivity contribution is -0.123. The summed E-state index contributed by atoms with van der Waals surface area (Å²) in [6.45, 7) is 2.26. The smallest absolute Gasteiger partial charge is 0.297 e. The van der Waals surface area contributed by atoms with Gasteiger partial charge in [-0.25, -0.2) is 0 Å². The largest absolute Gasteiger partial charge is 0.437 e. The Kier molecular flexibility index (Phi) is 5.17. The van der Waals surface area contributed by atoms with Gasteiger partial charge < -0.3 is 4.74 Å². The maximum Gasteiger partial charge on any atom is 0.297 e. The summed E-state index contributed by atoms with van der Waals surface area (Å²) in [5, 5.41) is 0. The molecule has 0 aliphatic rings. The van der Waals surface area contributed by atoms with Gasteiger partial charge in [-0.1, -0.05) is 12.2 Å². The summed E-state index contributed by atoms with van der Waals surface area (Å²) >= 11 is 0. The zero-order chi connectivity index (χ0) is 6.24. The number of carbonyl (C=O) groups is 1. The van der Waals surface area contributed by atoms with E-state index in [0.29, 0.717) is 6.47 Å². The van der Waals surface area contributed by atoms with Gasteiger partial charge in [0.15, 0.2) is 0 Å². The van der Waals surface area contributed by atoms with Crippen LogP contribution in [0.2, 0.25) is 0 Å². The van der Waals surface area contributed by atoms with E-state index in [9.17, 15) is 4.79 Å². The highest BCUT2D eigenvalue weighted by molar-refractivity contribution is 5.38. The molecule has 8 heavy (non-hydrogen) atoms. The lowest BCUT2D eigenvalue weighted by atomic mass is 10.5. The Morgan fingerprint density at radius 3 is 2.62 bits per heavy atom. The van der Waals surface area contributed by atoms with Gasteiger partial charge in [0, 0.05) is 0 Å². The monoisotopic (exact) mass is 112 g/mol. The lowest BCUT2D eigenvalue weighted by Gasteiger charge is -1.77. The van der Waals surface area contributed by atoms with Crippen molar-refractivity contribution in [3.8, 4) is 0 Å². The molecule has 0 aliphatic heterocycles. The Hall–Kier alpha value is -1.05. The maximum absolute atomic E-state index is 9.47. The fourth-order valence-electron chi connectivity index (χ4n) is 0.234. The van der Waals surface area contributed by atoms with E-state index in [1.807, 2.05) is 13.0 Å². The zero-order valence-electron chi connectivity index (χ0n) is 4.70. The Morgan fingerprint density at radius 2 is 2.12 bits per heavy atom. The molecule has 0 unspecified atom stereocenters. The molecule has 0 saturated carbocycles. The Morgan fingerprint density at radius 1 is 1.38 bits per heavy atom. The standard InChI is InChI=1S/C6H8O2/c1-2-3-4-5-8-6-7/h2-6H,1H3/b3-2+,5-4+. The van der Waals surface area contributed by atoms with E-state index in [1.54, 1.807) is 12.2 Å². The second kappa shape index (κ2) is 5.95. The molecule has 0 heterocycles. The molecule has 0 N–H and O–H groups in total. The molecular formula is C6H8O2. The molecule has 0 rings (SSSR count). The second-order valence-corrected chi connectivity index (χ2v) is 1.09. The van der Waals surface area contributed by atoms with E-state index in [1.165, 1.54) is 6.26 Å². The zero-order valence-corrected chi connectivity index (χ0v) is 4.70. The summed E-state index contributed by atoms with van der Waals surface area (Å²) in [7, 11) is 0. The van der Waals surface area contributed by atoms with Crippen LogP contribution in [-0.4, -0.2) is 6.47 Å². The summed E-state index contributed by atoms with van der Waals surface area (Å²) in [5.41, 5.74) is 0. The molecule has 0 amide bonds. The highest BCUT2D eigenvalue weighted by atomic mass is 16.5. The van der Waals surface area contributed by atoms with Crippen LogP contribution in [0.4, 0.5) is 0 Å². The lowest BCUT2D eigenvalue weighted by Crippen LogP contribution is -1.69. The molecule has 0 spiro atoms. The van der Waals surface area contributed by atoms with Gasteiger partial charge in [-0.3, -0.25) is 4.79 Å². The fourth-order valence-corrected chi connectivity index (χ4v) is 0.234. The van der Waals surface area contributed by atoms with Crippen LogP contribution in [0.15, 0.2) is 24.5 Å². The molecular weight excluding hydrogens is 104 g/mol. The van der Waals surface area contributed by atoms with Crippen LogP contribution in [0.5, 0.6) is 0 Å². The topological polar surface area (TPSA) is 26.3 Å². The van der Waals surface area contributed by atoms with Gasteiger partial charge in [-0.05, 0) is 13.0 Å². The number of ether oxygens (including phenoxy) is 1. The normalized spacial score (nSPS) is 10.6. The Bertz CT molecular complexity index is 103. The van der Waals surface area contributed by atoms with E-state index < -0.39 is 0 Å². The van der Waals surface area contributed by atoms with Crippen molar-refractivity contribution in [2.24, 2.45) is 0 Å². The fraction of sp³-hybridized carbons (Fsp3) is 0.167. The molecule has 0 aromatic heterocycles. The van der Waals surface area contributed by atoms with Gasteiger partial charge >= 0.3 is 0 Å². The number of allylic oxidation sites excluding steroid dienone is 3. The molecule has 2 heteroatoms. The highest BCUT2D eigenvalue weighted by Gasteiger charge is 1.62. The van der Waals surface area contributed by atoms with Crippen LogP contribution < -0.4 is 0 Å². The van der Waals surface area contributed by atoms with Crippen LogP contribution >= 0.6 is 0 Å². The van der Waals surface area contributed by atoms with Crippen molar-refractivity contribution in [3.05, 3.63) is 24.5 Å². The van der Waals surface area contributed by atoms with Gasteiger partial charge in [0.2, 0.25) is 0 Å². The SMILES string of the molecule is C/C=C/C=C/OC=O. The van der Waals surface area contributed by atoms with Gasteiger partial charge in [0.1, 0.15) is 0 Å². The third kappa shape index (κ3) is 4.95. The average Bonchev–Trinajstić information content (AvgIpc) is 1.81. The number of rotatable bonds is 3. The van der Waals surface area contributed by atoms with Crippen molar-refractivity contribution in [1.29, 1.82) is 0 Å². The summed E-state index contributed by atoms with van der Waals surface area (Å²) in [6.07, 6.45) is 6.55. The van der Waals surface area contributed by atoms with Crippen molar-refractivity contribution in [2.75, 3.05) is 0 Å². The van der Waals surface area contributed by atoms with E-state index in [-0.39, 0.29) is 0 Å².